The van der Waals surface area contributed by atoms with Crippen LogP contribution >= 0.6 is 0 Å². The third-order valence-corrected chi connectivity index (χ3v) is 4.38. The SMILES string of the molecule is CNS(=O)(=O)CCC(=O)NCCN(C)Cc1ccccc1. The van der Waals surface area contributed by atoms with Gasteiger partial charge in [0, 0.05) is 26.1 Å². The number of nitrogens with zero attached hydrogens (tertiary/aromatic N) is 1. The third-order valence-electron chi connectivity index (χ3n) is 3.02. The molecule has 6 nitrogen and oxygen atoms in total. The highest BCUT2D eigenvalue weighted by Crippen LogP contribution is 2.01. The molecule has 0 aliphatic heterocycles. The van der Waals surface area contributed by atoms with Gasteiger partial charge in [-0.15, -0.1) is 0 Å². The van der Waals surface area contributed by atoms with Crippen molar-refractivity contribution in [3.8, 4) is 0 Å². The number of rotatable bonds is 9. The van der Waals surface area contributed by atoms with Gasteiger partial charge in [0.15, 0.2) is 0 Å². The van der Waals surface area contributed by atoms with Crippen molar-refractivity contribution < 1.29 is 13.2 Å². The van der Waals surface area contributed by atoms with Gasteiger partial charge in [-0.1, -0.05) is 30.3 Å². The van der Waals surface area contributed by atoms with Crippen molar-refractivity contribution in [3.05, 3.63) is 35.9 Å². The molecular formula is C14H23N3O3S. The third kappa shape index (κ3) is 7.79. The van der Waals surface area contributed by atoms with Crippen molar-refractivity contribution in [2.75, 3.05) is 32.9 Å². The van der Waals surface area contributed by atoms with Gasteiger partial charge in [-0.05, 0) is 19.7 Å². The van der Waals surface area contributed by atoms with Crippen molar-refractivity contribution >= 4 is 15.9 Å². The average Bonchev–Trinajstić information content (AvgIpc) is 2.46. The average molecular weight is 313 g/mol. The molecule has 0 heterocycles. The number of carbonyl (C=O) groups excluding carboxylic acids is 1. The van der Waals surface area contributed by atoms with Gasteiger partial charge in [0.2, 0.25) is 15.9 Å². The van der Waals surface area contributed by atoms with Crippen LogP contribution in [0.4, 0.5) is 0 Å². The van der Waals surface area contributed by atoms with Gasteiger partial charge < -0.3 is 10.2 Å². The van der Waals surface area contributed by atoms with Crippen LogP contribution in [-0.2, 0) is 21.4 Å². The zero-order chi connectivity index (χ0) is 15.7. The van der Waals surface area contributed by atoms with Crippen molar-refractivity contribution in [1.29, 1.82) is 0 Å². The minimum absolute atomic E-state index is 0.0222. The summed E-state index contributed by atoms with van der Waals surface area (Å²) in [6, 6.07) is 10.1. The highest BCUT2D eigenvalue weighted by molar-refractivity contribution is 7.89. The molecule has 1 aromatic rings. The summed E-state index contributed by atoms with van der Waals surface area (Å²) < 4.78 is 24.6. The van der Waals surface area contributed by atoms with Crippen LogP contribution in [0.25, 0.3) is 0 Å². The maximum Gasteiger partial charge on any atom is 0.221 e. The fourth-order valence-corrected chi connectivity index (χ4v) is 2.44. The predicted octanol–water partition coefficient (Wildman–Crippen LogP) is 0.174. The van der Waals surface area contributed by atoms with Crippen LogP contribution in [-0.4, -0.2) is 52.2 Å². The molecule has 0 radical (unpaired) electrons. The Morgan fingerprint density at radius 1 is 1.24 bits per heavy atom. The molecule has 0 aromatic heterocycles. The Morgan fingerprint density at radius 3 is 2.52 bits per heavy atom. The molecule has 0 saturated carbocycles. The molecule has 21 heavy (non-hydrogen) atoms. The zero-order valence-corrected chi connectivity index (χ0v) is 13.3. The van der Waals surface area contributed by atoms with Gasteiger partial charge in [-0.3, -0.25) is 4.79 Å². The number of hydrogen-bond acceptors (Lipinski definition) is 4. The van der Waals surface area contributed by atoms with Crippen LogP contribution in [0.1, 0.15) is 12.0 Å². The van der Waals surface area contributed by atoms with Crippen LogP contribution < -0.4 is 10.0 Å². The summed E-state index contributed by atoms with van der Waals surface area (Å²) >= 11 is 0. The highest BCUT2D eigenvalue weighted by atomic mass is 32.2. The van der Waals surface area contributed by atoms with Gasteiger partial charge in [0.05, 0.1) is 5.75 Å². The lowest BCUT2D eigenvalue weighted by atomic mass is 10.2. The number of nitrogens with one attached hydrogen (secondary N) is 2. The van der Waals surface area contributed by atoms with E-state index in [1.807, 2.05) is 25.2 Å². The van der Waals surface area contributed by atoms with Gasteiger partial charge >= 0.3 is 0 Å². The molecular weight excluding hydrogens is 290 g/mol. The first-order chi connectivity index (χ1) is 9.93. The van der Waals surface area contributed by atoms with E-state index in [2.05, 4.69) is 27.1 Å². The number of hydrogen-bond donors (Lipinski definition) is 2. The first-order valence-corrected chi connectivity index (χ1v) is 8.48. The molecule has 1 rings (SSSR count). The fourth-order valence-electron chi connectivity index (χ4n) is 1.78. The number of sulfonamides is 1. The monoisotopic (exact) mass is 313 g/mol. The largest absolute Gasteiger partial charge is 0.355 e. The molecule has 0 fully saturated rings. The van der Waals surface area contributed by atoms with E-state index < -0.39 is 10.0 Å². The Bertz CT molecular complexity index is 532. The van der Waals surface area contributed by atoms with Gasteiger partial charge in [-0.25, -0.2) is 13.1 Å². The summed E-state index contributed by atoms with van der Waals surface area (Å²) in [7, 11) is -0.00200. The van der Waals surface area contributed by atoms with E-state index in [0.29, 0.717) is 13.1 Å². The summed E-state index contributed by atoms with van der Waals surface area (Å²) in [5, 5.41) is 2.72. The van der Waals surface area contributed by atoms with Crippen LogP contribution in [0.5, 0.6) is 0 Å². The van der Waals surface area contributed by atoms with Crippen molar-refractivity contribution in [3.63, 3.8) is 0 Å². The topological polar surface area (TPSA) is 78.5 Å². The van der Waals surface area contributed by atoms with E-state index in [1.54, 1.807) is 0 Å². The quantitative estimate of drug-likeness (QED) is 0.681. The summed E-state index contributed by atoms with van der Waals surface area (Å²) in [6.45, 7) is 2.02. The molecule has 0 unspecified atom stereocenters. The minimum atomic E-state index is -3.32. The van der Waals surface area contributed by atoms with Crippen molar-refractivity contribution in [1.82, 2.24) is 14.9 Å². The molecule has 2 N–H and O–H groups in total. The predicted molar refractivity (Wildman–Crippen MR) is 83.2 cm³/mol. The van der Waals surface area contributed by atoms with E-state index in [9.17, 15) is 13.2 Å². The highest BCUT2D eigenvalue weighted by Gasteiger charge is 2.10. The normalized spacial score (nSPS) is 11.6. The van der Waals surface area contributed by atoms with Gasteiger partial charge in [-0.2, -0.15) is 0 Å². The summed E-state index contributed by atoms with van der Waals surface area (Å²) in [5.74, 6) is -0.434. The molecule has 0 aliphatic rings. The fraction of sp³-hybridized carbons (Fsp3) is 0.500. The molecule has 7 heteroatoms. The lowest BCUT2D eigenvalue weighted by molar-refractivity contribution is -0.120. The Kier molecular flexibility index (Phi) is 7.35. The Hall–Kier alpha value is -1.44. The molecule has 0 bridgehead atoms. The Labute approximate surface area is 126 Å². The van der Waals surface area contributed by atoms with E-state index in [0.717, 1.165) is 6.54 Å². The molecule has 0 atom stereocenters. The molecule has 0 aliphatic carbocycles. The minimum Gasteiger partial charge on any atom is -0.355 e. The Morgan fingerprint density at radius 2 is 1.90 bits per heavy atom. The zero-order valence-electron chi connectivity index (χ0n) is 12.5. The lowest BCUT2D eigenvalue weighted by Crippen LogP contribution is -2.34. The maximum absolute atomic E-state index is 11.5. The van der Waals surface area contributed by atoms with E-state index in [1.165, 1.54) is 12.6 Å². The maximum atomic E-state index is 11.5. The Balaban J connectivity index is 2.19. The van der Waals surface area contributed by atoms with E-state index in [-0.39, 0.29) is 18.1 Å². The van der Waals surface area contributed by atoms with Crippen LogP contribution in [0.2, 0.25) is 0 Å². The number of amides is 1. The molecule has 118 valence electrons. The lowest BCUT2D eigenvalue weighted by Gasteiger charge is -2.17. The van der Waals surface area contributed by atoms with E-state index in [4.69, 9.17) is 0 Å². The van der Waals surface area contributed by atoms with Crippen molar-refractivity contribution in [2.24, 2.45) is 0 Å². The van der Waals surface area contributed by atoms with Gasteiger partial charge in [0.1, 0.15) is 0 Å². The summed E-state index contributed by atoms with van der Waals surface area (Å²) in [5.41, 5.74) is 1.21. The number of likely N-dealkylation sites (N-methyl/N-ethyl adjacent to an activating group) is 1. The second-order valence-corrected chi connectivity index (χ2v) is 6.89. The standard InChI is InChI=1S/C14H23N3O3S/c1-15-21(19,20)11-8-14(18)16-9-10-17(2)12-13-6-4-3-5-7-13/h3-7,15H,8-12H2,1-2H3,(H,16,18). The first kappa shape index (κ1) is 17.6. The number of benzene rings is 1. The number of carbonyl (C=O) groups is 1. The smallest absolute Gasteiger partial charge is 0.221 e. The van der Waals surface area contributed by atoms with Crippen molar-refractivity contribution in [2.45, 2.75) is 13.0 Å². The van der Waals surface area contributed by atoms with Crippen LogP contribution in [0.3, 0.4) is 0 Å². The second kappa shape index (κ2) is 8.76. The molecule has 0 spiro atoms. The molecule has 0 saturated heterocycles. The van der Waals surface area contributed by atoms with Gasteiger partial charge in [0.25, 0.3) is 0 Å². The van der Waals surface area contributed by atoms with Crippen LogP contribution in [0, 0.1) is 0 Å². The first-order valence-electron chi connectivity index (χ1n) is 6.83. The van der Waals surface area contributed by atoms with E-state index >= 15 is 0 Å². The second-order valence-electron chi connectivity index (χ2n) is 4.85. The van der Waals surface area contributed by atoms with Crippen LogP contribution in [0.15, 0.2) is 30.3 Å². The summed E-state index contributed by atoms with van der Waals surface area (Å²) in [6.07, 6.45) is -0.0222. The molecule has 1 aromatic carbocycles. The molecule has 1 amide bonds. The summed E-state index contributed by atoms with van der Waals surface area (Å²) in [4.78, 5) is 13.6.